The van der Waals surface area contributed by atoms with E-state index in [9.17, 15) is 8.42 Å². The number of aromatic nitrogens is 2. The lowest BCUT2D eigenvalue weighted by atomic mass is 10.1. The average molecular weight is 362 g/mol. The van der Waals surface area contributed by atoms with E-state index in [1.807, 2.05) is 46.8 Å². The zero-order chi connectivity index (χ0) is 18.4. The van der Waals surface area contributed by atoms with Crippen LogP contribution in [0.1, 0.15) is 28.1 Å². The third-order valence-corrected chi connectivity index (χ3v) is 7.05. The molecule has 25 heavy (non-hydrogen) atoms. The second-order valence-corrected chi connectivity index (χ2v) is 8.78. The first-order valence-electron chi connectivity index (χ1n) is 8.56. The van der Waals surface area contributed by atoms with Crippen molar-refractivity contribution in [3.8, 4) is 0 Å². The van der Waals surface area contributed by atoms with Crippen molar-refractivity contribution < 1.29 is 8.42 Å². The van der Waals surface area contributed by atoms with Gasteiger partial charge in [-0.25, -0.2) is 8.42 Å². The highest BCUT2D eigenvalue weighted by Gasteiger charge is 2.31. The molecule has 6 nitrogen and oxygen atoms in total. The number of nitrogens with zero attached hydrogens (tertiary/aromatic N) is 3. The molecular weight excluding hydrogens is 336 g/mol. The summed E-state index contributed by atoms with van der Waals surface area (Å²) in [5.74, 6) is 0. The lowest BCUT2D eigenvalue weighted by Crippen LogP contribution is -2.49. The molecule has 1 saturated heterocycles. The Morgan fingerprint density at radius 2 is 1.52 bits per heavy atom. The molecule has 0 aliphatic carbocycles. The monoisotopic (exact) mass is 362 g/mol. The van der Waals surface area contributed by atoms with Gasteiger partial charge in [-0.15, -0.1) is 0 Å². The number of hydrogen-bond acceptors (Lipinski definition) is 4. The van der Waals surface area contributed by atoms with E-state index in [4.69, 9.17) is 0 Å². The number of hydrogen-bond donors (Lipinski definition) is 1. The molecule has 1 fully saturated rings. The smallest absolute Gasteiger partial charge is 0.243 e. The van der Waals surface area contributed by atoms with Crippen molar-refractivity contribution in [3.63, 3.8) is 0 Å². The lowest BCUT2D eigenvalue weighted by Gasteiger charge is -2.36. The second kappa shape index (κ2) is 6.46. The van der Waals surface area contributed by atoms with Crippen molar-refractivity contribution in [2.75, 3.05) is 31.1 Å². The van der Waals surface area contributed by atoms with Crippen molar-refractivity contribution >= 4 is 15.7 Å². The molecule has 2 heterocycles. The topological polar surface area (TPSA) is 69.3 Å². The van der Waals surface area contributed by atoms with E-state index < -0.39 is 10.0 Å². The minimum Gasteiger partial charge on any atom is -0.366 e. The quantitative estimate of drug-likeness (QED) is 0.911. The summed E-state index contributed by atoms with van der Waals surface area (Å²) < 4.78 is 27.9. The fraction of sp³-hybridized carbons (Fsp3) is 0.500. The zero-order valence-electron chi connectivity index (χ0n) is 15.5. The molecule has 1 aliphatic heterocycles. The molecule has 0 bridgehead atoms. The molecule has 0 atom stereocenters. The van der Waals surface area contributed by atoms with Crippen LogP contribution in [0.2, 0.25) is 0 Å². The SMILES string of the molecule is Cc1cc(C)c(S(=O)(=O)N2CCN(c3c(C)n[nH]c3C)CC2)c(C)c1. The van der Waals surface area contributed by atoms with Gasteiger partial charge < -0.3 is 4.90 Å². The number of H-pyrrole nitrogens is 1. The van der Waals surface area contributed by atoms with E-state index in [1.165, 1.54) is 0 Å². The van der Waals surface area contributed by atoms with Gasteiger partial charge in [0, 0.05) is 26.2 Å². The number of sulfonamides is 1. The molecule has 1 N–H and O–H groups in total. The van der Waals surface area contributed by atoms with Crippen LogP contribution in [0.15, 0.2) is 17.0 Å². The highest BCUT2D eigenvalue weighted by molar-refractivity contribution is 7.89. The van der Waals surface area contributed by atoms with Crippen molar-refractivity contribution in [2.45, 2.75) is 39.5 Å². The molecule has 1 aromatic heterocycles. The normalized spacial score (nSPS) is 16.4. The number of aromatic amines is 1. The largest absolute Gasteiger partial charge is 0.366 e. The van der Waals surface area contributed by atoms with Crippen molar-refractivity contribution in [1.82, 2.24) is 14.5 Å². The van der Waals surface area contributed by atoms with Gasteiger partial charge in [0.2, 0.25) is 10.0 Å². The van der Waals surface area contributed by atoms with Gasteiger partial charge in [0.1, 0.15) is 0 Å². The van der Waals surface area contributed by atoms with Crippen molar-refractivity contribution in [1.29, 1.82) is 0 Å². The highest BCUT2D eigenvalue weighted by Crippen LogP contribution is 2.28. The first kappa shape index (κ1) is 17.9. The van der Waals surface area contributed by atoms with E-state index in [1.54, 1.807) is 4.31 Å². The van der Waals surface area contributed by atoms with Gasteiger partial charge in [0.05, 0.1) is 22.0 Å². The molecule has 3 rings (SSSR count). The Balaban J connectivity index is 1.83. The maximum atomic E-state index is 13.2. The van der Waals surface area contributed by atoms with E-state index in [0.29, 0.717) is 31.1 Å². The summed E-state index contributed by atoms with van der Waals surface area (Å²) >= 11 is 0. The molecule has 0 amide bonds. The van der Waals surface area contributed by atoms with E-state index >= 15 is 0 Å². The van der Waals surface area contributed by atoms with E-state index in [-0.39, 0.29) is 0 Å². The third-order valence-electron chi connectivity index (χ3n) is 4.85. The maximum absolute atomic E-state index is 13.2. The third kappa shape index (κ3) is 3.18. The Bertz CT molecular complexity index is 851. The summed E-state index contributed by atoms with van der Waals surface area (Å²) in [5.41, 5.74) is 5.81. The van der Waals surface area contributed by atoms with Crippen molar-refractivity contribution in [3.05, 3.63) is 40.2 Å². The molecule has 0 saturated carbocycles. The Labute approximate surface area is 149 Å². The molecule has 0 spiro atoms. The molecule has 0 unspecified atom stereocenters. The summed E-state index contributed by atoms with van der Waals surface area (Å²) in [7, 11) is -3.47. The summed E-state index contributed by atoms with van der Waals surface area (Å²) in [6.07, 6.45) is 0. The Morgan fingerprint density at radius 3 is 2.00 bits per heavy atom. The summed E-state index contributed by atoms with van der Waals surface area (Å²) in [4.78, 5) is 2.68. The summed E-state index contributed by atoms with van der Waals surface area (Å²) in [5, 5.41) is 7.24. The predicted octanol–water partition coefficient (Wildman–Crippen LogP) is 2.46. The van der Waals surface area contributed by atoms with Crippen LogP contribution < -0.4 is 4.90 Å². The van der Waals surface area contributed by atoms with Crippen LogP contribution in [0.5, 0.6) is 0 Å². The van der Waals surface area contributed by atoms with Crippen molar-refractivity contribution in [2.24, 2.45) is 0 Å². The number of nitrogens with one attached hydrogen (secondary N) is 1. The van der Waals surface area contributed by atoms with Gasteiger partial charge in [0.15, 0.2) is 0 Å². The summed E-state index contributed by atoms with van der Waals surface area (Å²) in [6, 6.07) is 3.88. The second-order valence-electron chi connectivity index (χ2n) is 6.90. The van der Waals surface area contributed by atoms with Gasteiger partial charge >= 0.3 is 0 Å². The van der Waals surface area contributed by atoms with Gasteiger partial charge in [-0.05, 0) is 45.7 Å². The first-order valence-corrected chi connectivity index (χ1v) is 10.0. The van der Waals surface area contributed by atoms with Gasteiger partial charge in [-0.2, -0.15) is 9.40 Å². The van der Waals surface area contributed by atoms with Crippen LogP contribution in [-0.2, 0) is 10.0 Å². The fourth-order valence-electron chi connectivity index (χ4n) is 3.87. The Morgan fingerprint density at radius 1 is 0.960 bits per heavy atom. The van der Waals surface area contributed by atoms with Gasteiger partial charge in [-0.3, -0.25) is 5.10 Å². The minimum atomic E-state index is -3.47. The highest BCUT2D eigenvalue weighted by atomic mass is 32.2. The number of aryl methyl sites for hydroxylation is 5. The van der Waals surface area contributed by atoms with Crippen LogP contribution in [0.25, 0.3) is 0 Å². The van der Waals surface area contributed by atoms with E-state index in [2.05, 4.69) is 15.1 Å². The maximum Gasteiger partial charge on any atom is 0.243 e. The Hall–Kier alpha value is -1.86. The van der Waals surface area contributed by atoms with Crippen LogP contribution >= 0.6 is 0 Å². The fourth-order valence-corrected chi connectivity index (χ4v) is 5.70. The number of rotatable bonds is 3. The zero-order valence-corrected chi connectivity index (χ0v) is 16.4. The van der Waals surface area contributed by atoms with Crippen LogP contribution in [0, 0.1) is 34.6 Å². The first-order chi connectivity index (χ1) is 11.7. The Kier molecular flexibility index (Phi) is 4.64. The molecule has 0 radical (unpaired) electrons. The van der Waals surface area contributed by atoms with Gasteiger partial charge in [0.25, 0.3) is 0 Å². The molecular formula is C18H26N4O2S. The lowest BCUT2D eigenvalue weighted by molar-refractivity contribution is 0.384. The number of anilines is 1. The van der Waals surface area contributed by atoms with Crippen LogP contribution in [0.4, 0.5) is 5.69 Å². The number of benzene rings is 1. The van der Waals surface area contributed by atoms with Gasteiger partial charge in [-0.1, -0.05) is 17.7 Å². The average Bonchev–Trinajstić information content (AvgIpc) is 2.85. The molecule has 1 aromatic carbocycles. The minimum absolute atomic E-state index is 0.460. The molecule has 2 aromatic rings. The van der Waals surface area contributed by atoms with Crippen LogP contribution in [-0.4, -0.2) is 49.1 Å². The molecule has 1 aliphatic rings. The standard InChI is InChI=1S/C18H26N4O2S/c1-12-10-13(2)18(14(3)11-12)25(23,24)22-8-6-21(7-9-22)17-15(4)19-20-16(17)5/h10-11H,6-9H2,1-5H3,(H,19,20). The van der Waals surface area contributed by atoms with E-state index in [0.717, 1.165) is 33.8 Å². The molecule has 136 valence electrons. The summed E-state index contributed by atoms with van der Waals surface area (Å²) in [6.45, 7) is 12.0. The predicted molar refractivity (Wildman–Crippen MR) is 99.7 cm³/mol. The van der Waals surface area contributed by atoms with Crippen LogP contribution in [0.3, 0.4) is 0 Å². The number of piperazine rings is 1. The molecule has 7 heteroatoms.